The number of hydrogen-bond donors (Lipinski definition) is 0. The Hall–Kier alpha value is 0.530. The first-order chi connectivity index (χ1) is 6.36. The lowest BCUT2D eigenvalue weighted by atomic mass is 10.4. The second-order valence-corrected chi connectivity index (χ2v) is 6.55. The van der Waals surface area contributed by atoms with Crippen molar-refractivity contribution in [2.75, 3.05) is 0 Å². The smallest absolute Gasteiger partial charge is 0.0322 e. The van der Waals surface area contributed by atoms with Gasteiger partial charge in [-0.3, -0.25) is 0 Å². The summed E-state index contributed by atoms with van der Waals surface area (Å²) in [6.07, 6.45) is 5.77. The van der Waals surface area contributed by atoms with Gasteiger partial charge in [-0.25, -0.2) is 0 Å². The maximum absolute atomic E-state index is 3.57. The molecular weight excluding hydrogens is 264 g/mol. The van der Waals surface area contributed by atoms with Crippen molar-refractivity contribution in [1.29, 1.82) is 0 Å². The second-order valence-electron chi connectivity index (χ2n) is 3.41. The van der Waals surface area contributed by atoms with Crippen LogP contribution in [-0.4, -0.2) is 5.25 Å². The zero-order valence-corrected chi connectivity index (χ0v) is 10.7. The fraction of sp³-hybridized carbons (Fsp3) is 0.600. The Kier molecular flexibility index (Phi) is 3.75. The maximum Gasteiger partial charge on any atom is 0.0322 e. The summed E-state index contributed by atoms with van der Waals surface area (Å²) in [6.45, 7) is 0. The molecule has 1 heterocycles. The van der Waals surface area contributed by atoms with E-state index in [4.69, 9.17) is 0 Å². The highest BCUT2D eigenvalue weighted by molar-refractivity contribution is 9.10. The van der Waals surface area contributed by atoms with E-state index < -0.39 is 0 Å². The molecule has 0 amide bonds. The lowest BCUT2D eigenvalue weighted by Crippen LogP contribution is -1.93. The molecule has 0 unspecified atom stereocenters. The molecule has 1 fully saturated rings. The predicted molar refractivity (Wildman–Crippen MR) is 65.6 cm³/mol. The van der Waals surface area contributed by atoms with Crippen LogP contribution in [-0.2, 0) is 5.75 Å². The Morgan fingerprint density at radius 2 is 2.23 bits per heavy atom. The van der Waals surface area contributed by atoms with E-state index in [9.17, 15) is 0 Å². The molecule has 0 atom stereocenters. The van der Waals surface area contributed by atoms with Crippen molar-refractivity contribution in [3.63, 3.8) is 0 Å². The minimum Gasteiger partial charge on any atom is -0.153 e. The van der Waals surface area contributed by atoms with E-state index in [0.717, 1.165) is 5.25 Å². The fourth-order valence-corrected chi connectivity index (χ4v) is 4.82. The van der Waals surface area contributed by atoms with Gasteiger partial charge in [0.1, 0.15) is 0 Å². The topological polar surface area (TPSA) is 0 Å². The number of rotatable bonds is 3. The predicted octanol–water partition coefficient (Wildman–Crippen LogP) is 4.69. The van der Waals surface area contributed by atoms with E-state index in [1.807, 2.05) is 11.3 Å². The summed E-state index contributed by atoms with van der Waals surface area (Å²) in [5, 5.41) is 3.10. The van der Waals surface area contributed by atoms with Gasteiger partial charge in [-0.2, -0.15) is 11.8 Å². The van der Waals surface area contributed by atoms with Gasteiger partial charge in [-0.1, -0.05) is 12.8 Å². The van der Waals surface area contributed by atoms with E-state index in [0.29, 0.717) is 0 Å². The van der Waals surface area contributed by atoms with Gasteiger partial charge in [0.2, 0.25) is 0 Å². The molecule has 1 aromatic rings. The zero-order valence-electron chi connectivity index (χ0n) is 7.46. The molecule has 2 rings (SSSR count). The molecule has 0 radical (unpaired) electrons. The maximum atomic E-state index is 3.57. The molecule has 1 aromatic heterocycles. The van der Waals surface area contributed by atoms with Crippen molar-refractivity contribution in [3.8, 4) is 0 Å². The van der Waals surface area contributed by atoms with Crippen LogP contribution in [0, 0.1) is 0 Å². The third-order valence-electron chi connectivity index (χ3n) is 2.44. The van der Waals surface area contributed by atoms with Crippen LogP contribution < -0.4 is 0 Å². The molecule has 0 saturated heterocycles. The van der Waals surface area contributed by atoms with Crippen LogP contribution in [0.1, 0.15) is 30.6 Å². The molecule has 0 N–H and O–H groups in total. The molecular formula is C10H13BrS2. The molecule has 72 valence electrons. The average molecular weight is 277 g/mol. The van der Waals surface area contributed by atoms with Crippen LogP contribution in [0.4, 0.5) is 0 Å². The lowest BCUT2D eigenvalue weighted by Gasteiger charge is -2.06. The summed E-state index contributed by atoms with van der Waals surface area (Å²) < 4.78 is 1.29. The third-order valence-corrected chi connectivity index (χ3v) is 5.95. The van der Waals surface area contributed by atoms with Crippen molar-refractivity contribution in [2.45, 2.75) is 36.7 Å². The van der Waals surface area contributed by atoms with Gasteiger partial charge >= 0.3 is 0 Å². The summed E-state index contributed by atoms with van der Waals surface area (Å²) in [5.41, 5.74) is 0. The molecule has 0 nitrogen and oxygen atoms in total. The average Bonchev–Trinajstić information content (AvgIpc) is 2.72. The third kappa shape index (κ3) is 2.74. The van der Waals surface area contributed by atoms with E-state index >= 15 is 0 Å². The second kappa shape index (κ2) is 4.85. The number of thiophene rings is 1. The van der Waals surface area contributed by atoms with Crippen LogP contribution in [0.3, 0.4) is 0 Å². The van der Waals surface area contributed by atoms with Crippen LogP contribution in [0.2, 0.25) is 0 Å². The number of halogens is 1. The quantitative estimate of drug-likeness (QED) is 0.772. The fourth-order valence-electron chi connectivity index (χ4n) is 1.68. The van der Waals surface area contributed by atoms with Gasteiger partial charge < -0.3 is 0 Å². The van der Waals surface area contributed by atoms with Crippen LogP contribution in [0.15, 0.2) is 15.9 Å². The standard InChI is InChI=1S/C10H13BrS2/c11-9-5-6-12-10(9)7-13-8-3-1-2-4-8/h5-6,8H,1-4,7H2. The van der Waals surface area contributed by atoms with Crippen LogP contribution >= 0.6 is 39.0 Å². The highest BCUT2D eigenvalue weighted by atomic mass is 79.9. The molecule has 0 aromatic carbocycles. The minimum absolute atomic E-state index is 0.939. The van der Waals surface area contributed by atoms with Crippen molar-refractivity contribution < 1.29 is 0 Å². The SMILES string of the molecule is Brc1ccsc1CSC1CCCC1. The van der Waals surface area contributed by atoms with E-state index in [2.05, 4.69) is 39.1 Å². The normalized spacial score (nSPS) is 18.2. The van der Waals surface area contributed by atoms with Gasteiger partial charge in [-0.05, 0) is 40.2 Å². The summed E-state index contributed by atoms with van der Waals surface area (Å²) in [7, 11) is 0. The van der Waals surface area contributed by atoms with E-state index in [-0.39, 0.29) is 0 Å². The van der Waals surface area contributed by atoms with Gasteiger partial charge in [0, 0.05) is 20.4 Å². The van der Waals surface area contributed by atoms with Crippen LogP contribution in [0.25, 0.3) is 0 Å². The van der Waals surface area contributed by atoms with Crippen molar-refractivity contribution >= 4 is 39.0 Å². The number of hydrogen-bond acceptors (Lipinski definition) is 2. The van der Waals surface area contributed by atoms with Gasteiger partial charge in [-0.15, -0.1) is 11.3 Å². The zero-order chi connectivity index (χ0) is 9.10. The first kappa shape index (κ1) is 10.1. The first-order valence-electron chi connectivity index (χ1n) is 4.70. The molecule has 0 aliphatic heterocycles. The number of thioether (sulfide) groups is 1. The Balaban J connectivity index is 1.82. The first-order valence-corrected chi connectivity index (χ1v) is 7.42. The molecule has 0 spiro atoms. The molecule has 0 bridgehead atoms. The highest BCUT2D eigenvalue weighted by Gasteiger charge is 2.15. The van der Waals surface area contributed by atoms with Gasteiger partial charge in [0.25, 0.3) is 0 Å². The molecule has 3 heteroatoms. The van der Waals surface area contributed by atoms with E-state index in [1.54, 1.807) is 0 Å². The molecule has 1 aliphatic carbocycles. The van der Waals surface area contributed by atoms with E-state index in [1.165, 1.54) is 40.8 Å². The highest BCUT2D eigenvalue weighted by Crippen LogP contribution is 2.34. The van der Waals surface area contributed by atoms with Gasteiger partial charge in [0.15, 0.2) is 0 Å². The lowest BCUT2D eigenvalue weighted by molar-refractivity contribution is 0.886. The molecule has 13 heavy (non-hydrogen) atoms. The monoisotopic (exact) mass is 276 g/mol. The Morgan fingerprint density at radius 1 is 1.46 bits per heavy atom. The van der Waals surface area contributed by atoms with Crippen molar-refractivity contribution in [1.82, 2.24) is 0 Å². The summed E-state index contributed by atoms with van der Waals surface area (Å²) in [4.78, 5) is 1.50. The summed E-state index contributed by atoms with van der Waals surface area (Å²) in [6, 6.07) is 2.15. The Labute approximate surface area is 96.2 Å². The Bertz CT molecular complexity index is 264. The molecule has 1 aliphatic rings. The summed E-state index contributed by atoms with van der Waals surface area (Å²) >= 11 is 7.57. The van der Waals surface area contributed by atoms with Crippen molar-refractivity contribution in [2.24, 2.45) is 0 Å². The summed E-state index contributed by atoms with van der Waals surface area (Å²) in [5.74, 6) is 1.20. The van der Waals surface area contributed by atoms with Gasteiger partial charge in [0.05, 0.1) is 0 Å². The van der Waals surface area contributed by atoms with Crippen molar-refractivity contribution in [3.05, 3.63) is 20.8 Å². The largest absolute Gasteiger partial charge is 0.153 e. The molecule has 1 saturated carbocycles. The minimum atomic E-state index is 0.939. The van der Waals surface area contributed by atoms with Crippen LogP contribution in [0.5, 0.6) is 0 Å². The Morgan fingerprint density at radius 3 is 2.85 bits per heavy atom.